The van der Waals surface area contributed by atoms with E-state index >= 15 is 0 Å². The number of aryl methyl sites for hydroxylation is 1. The molecule has 1 nitrogen and oxygen atoms in total. The lowest BCUT2D eigenvalue weighted by Gasteiger charge is -2.19. The molecule has 1 atom stereocenters. The summed E-state index contributed by atoms with van der Waals surface area (Å²) in [7, 11) is 1.77. The molecule has 0 aliphatic rings. The number of benzene rings is 1. The zero-order valence-corrected chi connectivity index (χ0v) is 9.10. The molecule has 0 radical (unpaired) electrons. The average Bonchev–Trinajstić information content (AvgIpc) is 2.08. The molecular weight excluding hydrogens is 177 g/mol. The van der Waals surface area contributed by atoms with E-state index in [0.717, 1.165) is 5.56 Å². The highest BCUT2D eigenvalue weighted by atomic mass is 19.1. The number of halogens is 1. The van der Waals surface area contributed by atoms with Crippen LogP contribution in [0.15, 0.2) is 24.3 Å². The molecule has 1 rings (SSSR count). The molecular formula is C12H18FN. The highest BCUT2D eigenvalue weighted by Gasteiger charge is 2.22. The summed E-state index contributed by atoms with van der Waals surface area (Å²) in [5, 5.41) is 2.86. The van der Waals surface area contributed by atoms with E-state index in [-0.39, 0.29) is 0 Å². The van der Waals surface area contributed by atoms with Crippen molar-refractivity contribution in [3.63, 3.8) is 0 Å². The van der Waals surface area contributed by atoms with E-state index in [0.29, 0.717) is 13.0 Å². The fraction of sp³-hybridized carbons (Fsp3) is 0.500. The Morgan fingerprint density at radius 3 is 2.36 bits per heavy atom. The smallest absolute Gasteiger partial charge is 0.124 e. The number of alkyl halides is 1. The maximum atomic E-state index is 13.8. The van der Waals surface area contributed by atoms with E-state index in [1.807, 2.05) is 31.2 Å². The third kappa shape index (κ3) is 3.46. The molecule has 0 saturated carbocycles. The lowest BCUT2D eigenvalue weighted by molar-refractivity contribution is 0.188. The minimum absolute atomic E-state index is 0.390. The van der Waals surface area contributed by atoms with Crippen LogP contribution >= 0.6 is 0 Å². The Labute approximate surface area is 85.3 Å². The van der Waals surface area contributed by atoms with Gasteiger partial charge in [-0.1, -0.05) is 29.8 Å². The van der Waals surface area contributed by atoms with E-state index in [1.54, 1.807) is 14.0 Å². The summed E-state index contributed by atoms with van der Waals surface area (Å²) >= 11 is 0. The summed E-state index contributed by atoms with van der Waals surface area (Å²) < 4.78 is 13.8. The fourth-order valence-electron chi connectivity index (χ4n) is 1.56. The van der Waals surface area contributed by atoms with Gasteiger partial charge in [0.15, 0.2) is 0 Å². The second-order valence-electron chi connectivity index (χ2n) is 4.11. The lowest BCUT2D eigenvalue weighted by atomic mass is 9.97. The molecule has 0 spiro atoms. The summed E-state index contributed by atoms with van der Waals surface area (Å²) in [6.07, 6.45) is 0.466. The predicted molar refractivity (Wildman–Crippen MR) is 58.3 cm³/mol. The third-order valence-electron chi connectivity index (χ3n) is 2.24. The summed E-state index contributed by atoms with van der Waals surface area (Å²) in [6.45, 7) is 4.05. The van der Waals surface area contributed by atoms with Crippen LogP contribution in [-0.4, -0.2) is 19.3 Å². The average molecular weight is 195 g/mol. The molecule has 1 aromatic rings. The normalized spacial score (nSPS) is 15.1. The molecule has 0 amide bonds. The lowest BCUT2D eigenvalue weighted by Crippen LogP contribution is -2.33. The Morgan fingerprint density at radius 1 is 1.29 bits per heavy atom. The SMILES string of the molecule is CNCC(C)(F)Cc1ccc(C)cc1. The highest BCUT2D eigenvalue weighted by molar-refractivity contribution is 5.22. The van der Waals surface area contributed by atoms with Gasteiger partial charge in [-0.15, -0.1) is 0 Å². The number of hydrogen-bond donors (Lipinski definition) is 1. The maximum absolute atomic E-state index is 13.8. The second-order valence-corrected chi connectivity index (χ2v) is 4.11. The van der Waals surface area contributed by atoms with Gasteiger partial charge < -0.3 is 5.32 Å². The number of nitrogens with one attached hydrogen (secondary N) is 1. The standard InChI is InChI=1S/C12H18FN/c1-10-4-6-11(7-5-10)8-12(2,13)9-14-3/h4-7,14H,8-9H2,1-3H3. The fourth-order valence-corrected chi connectivity index (χ4v) is 1.56. The summed E-state index contributed by atoms with van der Waals surface area (Å²) in [5.74, 6) is 0. The predicted octanol–water partition coefficient (Wildman–Crippen LogP) is 2.49. The molecule has 0 fully saturated rings. The zero-order chi connectivity index (χ0) is 10.6. The summed E-state index contributed by atoms with van der Waals surface area (Å²) in [6, 6.07) is 8.02. The van der Waals surface area contributed by atoms with Crippen molar-refractivity contribution in [2.24, 2.45) is 0 Å². The van der Waals surface area contributed by atoms with E-state index < -0.39 is 5.67 Å². The molecule has 0 aliphatic carbocycles. The van der Waals surface area contributed by atoms with Gasteiger partial charge in [0.05, 0.1) is 0 Å². The van der Waals surface area contributed by atoms with Gasteiger partial charge in [-0.2, -0.15) is 0 Å². The second kappa shape index (κ2) is 4.56. The topological polar surface area (TPSA) is 12.0 Å². The summed E-state index contributed by atoms with van der Waals surface area (Å²) in [5.41, 5.74) is 1.10. The number of rotatable bonds is 4. The van der Waals surface area contributed by atoms with Crippen LogP contribution in [0.3, 0.4) is 0 Å². The Kier molecular flexibility index (Phi) is 3.64. The molecule has 0 bridgehead atoms. The molecule has 0 saturated heterocycles. The minimum atomic E-state index is -1.16. The number of hydrogen-bond acceptors (Lipinski definition) is 1. The molecule has 14 heavy (non-hydrogen) atoms. The van der Waals surface area contributed by atoms with Crippen molar-refractivity contribution in [1.29, 1.82) is 0 Å². The van der Waals surface area contributed by atoms with Gasteiger partial charge in [-0.3, -0.25) is 0 Å². The van der Waals surface area contributed by atoms with Crippen molar-refractivity contribution >= 4 is 0 Å². The maximum Gasteiger partial charge on any atom is 0.124 e. The Bertz CT molecular complexity index is 277. The van der Waals surface area contributed by atoms with Crippen LogP contribution in [0.1, 0.15) is 18.1 Å². The summed E-state index contributed by atoms with van der Waals surface area (Å²) in [4.78, 5) is 0. The van der Waals surface area contributed by atoms with Gasteiger partial charge in [0, 0.05) is 13.0 Å². The van der Waals surface area contributed by atoms with Crippen LogP contribution in [0.5, 0.6) is 0 Å². The molecule has 2 heteroatoms. The van der Waals surface area contributed by atoms with Gasteiger partial charge in [-0.25, -0.2) is 4.39 Å². The van der Waals surface area contributed by atoms with Gasteiger partial charge in [0.25, 0.3) is 0 Å². The van der Waals surface area contributed by atoms with Crippen molar-refractivity contribution in [3.05, 3.63) is 35.4 Å². The van der Waals surface area contributed by atoms with Crippen LogP contribution in [0, 0.1) is 6.92 Å². The highest BCUT2D eigenvalue weighted by Crippen LogP contribution is 2.17. The first-order valence-electron chi connectivity index (χ1n) is 4.92. The molecule has 1 N–H and O–H groups in total. The van der Waals surface area contributed by atoms with E-state index in [4.69, 9.17) is 0 Å². The van der Waals surface area contributed by atoms with Crippen LogP contribution in [-0.2, 0) is 6.42 Å². The van der Waals surface area contributed by atoms with Crippen LogP contribution in [0.2, 0.25) is 0 Å². The molecule has 1 unspecified atom stereocenters. The van der Waals surface area contributed by atoms with Crippen molar-refractivity contribution in [2.45, 2.75) is 25.9 Å². The van der Waals surface area contributed by atoms with Crippen molar-refractivity contribution in [2.75, 3.05) is 13.6 Å². The Hall–Kier alpha value is -0.890. The first-order valence-corrected chi connectivity index (χ1v) is 4.92. The van der Waals surface area contributed by atoms with Crippen molar-refractivity contribution < 1.29 is 4.39 Å². The Morgan fingerprint density at radius 2 is 1.86 bits per heavy atom. The van der Waals surface area contributed by atoms with Gasteiger partial charge >= 0.3 is 0 Å². The third-order valence-corrected chi connectivity index (χ3v) is 2.24. The first kappa shape index (κ1) is 11.2. The molecule has 78 valence electrons. The Balaban J connectivity index is 2.64. The largest absolute Gasteiger partial charge is 0.317 e. The monoisotopic (exact) mass is 195 g/mol. The first-order chi connectivity index (χ1) is 6.53. The van der Waals surface area contributed by atoms with Crippen molar-refractivity contribution in [3.8, 4) is 0 Å². The quantitative estimate of drug-likeness (QED) is 0.778. The van der Waals surface area contributed by atoms with Crippen LogP contribution < -0.4 is 5.32 Å². The van der Waals surface area contributed by atoms with E-state index in [2.05, 4.69) is 5.32 Å². The van der Waals surface area contributed by atoms with E-state index in [9.17, 15) is 4.39 Å². The minimum Gasteiger partial charge on any atom is -0.317 e. The molecule has 1 aromatic carbocycles. The van der Waals surface area contributed by atoms with E-state index in [1.165, 1.54) is 5.56 Å². The van der Waals surface area contributed by atoms with Crippen LogP contribution in [0.4, 0.5) is 4.39 Å². The van der Waals surface area contributed by atoms with Gasteiger partial charge in [0.1, 0.15) is 5.67 Å². The molecule has 0 heterocycles. The van der Waals surface area contributed by atoms with Gasteiger partial charge in [0.2, 0.25) is 0 Å². The molecule has 0 aromatic heterocycles. The van der Waals surface area contributed by atoms with Crippen LogP contribution in [0.25, 0.3) is 0 Å². The van der Waals surface area contributed by atoms with Gasteiger partial charge in [-0.05, 0) is 26.5 Å². The van der Waals surface area contributed by atoms with Crippen molar-refractivity contribution in [1.82, 2.24) is 5.32 Å². The zero-order valence-electron chi connectivity index (χ0n) is 9.10. The molecule has 0 aliphatic heterocycles.